The predicted octanol–water partition coefficient (Wildman–Crippen LogP) is 1.21. The number of ether oxygens (including phenoxy) is 1. The van der Waals surface area contributed by atoms with Gasteiger partial charge in [-0.25, -0.2) is 4.79 Å². The minimum atomic E-state index is -0.498. The van der Waals surface area contributed by atoms with Crippen LogP contribution in [0.15, 0.2) is 12.3 Å². The fourth-order valence-corrected chi connectivity index (χ4v) is 1.11. The van der Waals surface area contributed by atoms with Crippen molar-refractivity contribution in [2.24, 2.45) is 0 Å². The van der Waals surface area contributed by atoms with Gasteiger partial charge in [0.2, 0.25) is 0 Å². The van der Waals surface area contributed by atoms with E-state index in [1.165, 1.54) is 0 Å². The topological polar surface area (TPSA) is 44.1 Å². The number of hydrogen-bond donors (Lipinski definition) is 0. The summed E-state index contributed by atoms with van der Waals surface area (Å²) in [5.41, 5.74) is 0.741. The number of carbonyl (C=O) groups is 1. The molecule has 1 rings (SSSR count). The molecule has 1 aromatic heterocycles. The summed E-state index contributed by atoms with van der Waals surface area (Å²) in [5.74, 6) is 4.65. The van der Waals surface area contributed by atoms with Crippen molar-refractivity contribution >= 4 is 5.97 Å². The van der Waals surface area contributed by atoms with E-state index in [1.807, 2.05) is 0 Å². The predicted molar refractivity (Wildman–Crippen MR) is 56.0 cm³/mol. The second kappa shape index (κ2) is 5.86. The third-order valence-electron chi connectivity index (χ3n) is 1.72. The first kappa shape index (κ1) is 11.3. The number of rotatable bonds is 3. The Labute approximate surface area is 89.2 Å². The van der Waals surface area contributed by atoms with E-state index in [9.17, 15) is 4.79 Å². The highest BCUT2D eigenvalue weighted by molar-refractivity contribution is 5.88. The minimum Gasteiger partial charge on any atom is -0.456 e. The number of nitrogens with zero attached hydrogens (tertiary/aromatic N) is 2. The molecule has 4 heteroatoms. The molecule has 0 aromatic carbocycles. The van der Waals surface area contributed by atoms with Gasteiger partial charge in [-0.1, -0.05) is 6.92 Å². The summed E-state index contributed by atoms with van der Waals surface area (Å²) in [6.45, 7) is 4.97. The van der Waals surface area contributed by atoms with Gasteiger partial charge in [0.05, 0.1) is 12.8 Å². The maximum Gasteiger partial charge on any atom is 0.384 e. The van der Waals surface area contributed by atoms with E-state index >= 15 is 0 Å². The lowest BCUT2D eigenvalue weighted by Crippen LogP contribution is -2.03. The smallest absolute Gasteiger partial charge is 0.384 e. The fourth-order valence-electron chi connectivity index (χ4n) is 1.11. The molecule has 0 saturated heterocycles. The molecule has 0 atom stereocenters. The third kappa shape index (κ3) is 3.47. The molecule has 15 heavy (non-hydrogen) atoms. The summed E-state index contributed by atoms with van der Waals surface area (Å²) in [6, 6.07) is 1.78. The Balaban J connectivity index is 2.70. The van der Waals surface area contributed by atoms with Crippen molar-refractivity contribution in [2.45, 2.75) is 26.8 Å². The highest BCUT2D eigenvalue weighted by atomic mass is 16.5. The molecule has 1 aromatic rings. The van der Waals surface area contributed by atoms with Crippen molar-refractivity contribution in [3.05, 3.63) is 18.0 Å². The van der Waals surface area contributed by atoms with Crippen LogP contribution >= 0.6 is 0 Å². The van der Waals surface area contributed by atoms with E-state index in [-0.39, 0.29) is 0 Å². The van der Waals surface area contributed by atoms with Gasteiger partial charge in [0.25, 0.3) is 0 Å². The number of aromatic nitrogens is 2. The van der Waals surface area contributed by atoms with Crippen molar-refractivity contribution in [1.82, 2.24) is 9.78 Å². The lowest BCUT2D eigenvalue weighted by Gasteiger charge is -1.98. The van der Waals surface area contributed by atoms with Crippen LogP contribution in [0.3, 0.4) is 0 Å². The van der Waals surface area contributed by atoms with Crippen LogP contribution in [-0.2, 0) is 16.1 Å². The van der Waals surface area contributed by atoms with Gasteiger partial charge in [0.15, 0.2) is 0 Å². The maximum absolute atomic E-state index is 11.0. The van der Waals surface area contributed by atoms with Gasteiger partial charge in [-0.15, -0.1) is 0 Å². The SMILES string of the molecule is CCCn1nccc1C#CC(=O)OCC. The first-order chi connectivity index (χ1) is 7.27. The molecule has 0 spiro atoms. The maximum atomic E-state index is 11.0. The molecule has 1 heterocycles. The van der Waals surface area contributed by atoms with Crippen LogP contribution in [0, 0.1) is 11.8 Å². The molecule has 0 fully saturated rings. The van der Waals surface area contributed by atoms with Crippen molar-refractivity contribution in [3.63, 3.8) is 0 Å². The molecular weight excluding hydrogens is 192 g/mol. The Morgan fingerprint density at radius 3 is 3.07 bits per heavy atom. The Morgan fingerprint density at radius 2 is 2.40 bits per heavy atom. The van der Waals surface area contributed by atoms with Crippen molar-refractivity contribution in [2.75, 3.05) is 6.61 Å². The van der Waals surface area contributed by atoms with Crippen LogP contribution in [0.4, 0.5) is 0 Å². The van der Waals surface area contributed by atoms with Gasteiger partial charge in [-0.3, -0.25) is 4.68 Å². The summed E-state index contributed by atoms with van der Waals surface area (Å²) >= 11 is 0. The molecule has 0 aliphatic rings. The van der Waals surface area contributed by atoms with Crippen LogP contribution in [0.1, 0.15) is 26.0 Å². The van der Waals surface area contributed by atoms with E-state index < -0.39 is 5.97 Å². The highest BCUT2D eigenvalue weighted by Crippen LogP contribution is 1.97. The molecule has 0 saturated carbocycles. The molecule has 0 aliphatic heterocycles. The Hall–Kier alpha value is -1.76. The number of esters is 1. The molecule has 4 nitrogen and oxygen atoms in total. The minimum absolute atomic E-state index is 0.349. The summed E-state index contributed by atoms with van der Waals surface area (Å²) in [5, 5.41) is 4.09. The molecule has 0 amide bonds. The van der Waals surface area contributed by atoms with Crippen molar-refractivity contribution in [1.29, 1.82) is 0 Å². The average molecular weight is 206 g/mol. The summed E-state index contributed by atoms with van der Waals surface area (Å²) < 4.78 is 6.47. The highest BCUT2D eigenvalue weighted by Gasteiger charge is 1.98. The van der Waals surface area contributed by atoms with Crippen LogP contribution < -0.4 is 0 Å². The first-order valence-corrected chi connectivity index (χ1v) is 4.98. The van der Waals surface area contributed by atoms with Crippen LogP contribution in [-0.4, -0.2) is 22.4 Å². The molecule has 80 valence electrons. The van der Waals surface area contributed by atoms with Gasteiger partial charge in [-0.05, 0) is 25.3 Å². The molecule has 0 unspecified atom stereocenters. The van der Waals surface area contributed by atoms with Crippen LogP contribution in [0.5, 0.6) is 0 Å². The summed E-state index contributed by atoms with van der Waals surface area (Å²) in [6.07, 6.45) is 2.65. The Kier molecular flexibility index (Phi) is 4.42. The fraction of sp³-hybridized carbons (Fsp3) is 0.455. The first-order valence-electron chi connectivity index (χ1n) is 4.98. The number of aryl methyl sites for hydroxylation is 1. The zero-order valence-corrected chi connectivity index (χ0v) is 8.99. The van der Waals surface area contributed by atoms with E-state index in [1.54, 1.807) is 23.9 Å². The monoisotopic (exact) mass is 206 g/mol. The van der Waals surface area contributed by atoms with Crippen molar-refractivity contribution < 1.29 is 9.53 Å². The molecule has 0 aliphatic carbocycles. The second-order valence-corrected chi connectivity index (χ2v) is 2.91. The molecule has 0 radical (unpaired) electrons. The summed E-state index contributed by atoms with van der Waals surface area (Å²) in [7, 11) is 0. The molecule has 0 N–H and O–H groups in total. The van der Waals surface area contributed by atoms with Gasteiger partial charge in [0, 0.05) is 12.5 Å². The van der Waals surface area contributed by atoms with E-state index in [0.29, 0.717) is 6.61 Å². The van der Waals surface area contributed by atoms with Crippen LogP contribution in [0.2, 0.25) is 0 Å². The third-order valence-corrected chi connectivity index (χ3v) is 1.72. The normalized spacial score (nSPS) is 9.20. The van der Waals surface area contributed by atoms with E-state index in [4.69, 9.17) is 4.74 Å². The van der Waals surface area contributed by atoms with Crippen LogP contribution in [0.25, 0.3) is 0 Å². The van der Waals surface area contributed by atoms with Gasteiger partial charge in [0.1, 0.15) is 5.69 Å². The van der Waals surface area contributed by atoms with Gasteiger partial charge < -0.3 is 4.74 Å². The Morgan fingerprint density at radius 1 is 1.60 bits per heavy atom. The average Bonchev–Trinajstić information content (AvgIpc) is 2.64. The zero-order chi connectivity index (χ0) is 11.1. The number of hydrogen-bond acceptors (Lipinski definition) is 3. The van der Waals surface area contributed by atoms with Gasteiger partial charge >= 0.3 is 5.97 Å². The zero-order valence-electron chi connectivity index (χ0n) is 8.99. The largest absolute Gasteiger partial charge is 0.456 e. The number of carbonyl (C=O) groups excluding carboxylic acids is 1. The Bertz CT molecular complexity index is 385. The summed E-state index contributed by atoms with van der Waals surface area (Å²) in [4.78, 5) is 11.0. The quantitative estimate of drug-likeness (QED) is 0.551. The van der Waals surface area contributed by atoms with E-state index in [0.717, 1.165) is 18.7 Å². The standard InChI is InChI=1S/C11H14N2O2/c1-3-9-13-10(7-8-12-13)5-6-11(14)15-4-2/h7-8H,3-4,9H2,1-2H3. The van der Waals surface area contributed by atoms with Gasteiger partial charge in [-0.2, -0.15) is 5.10 Å². The van der Waals surface area contributed by atoms with E-state index in [2.05, 4.69) is 23.9 Å². The lowest BCUT2D eigenvalue weighted by molar-refractivity contribution is -0.136. The second-order valence-electron chi connectivity index (χ2n) is 2.91. The molecule has 0 bridgehead atoms. The molecular formula is C11H14N2O2. The van der Waals surface area contributed by atoms with Crippen molar-refractivity contribution in [3.8, 4) is 11.8 Å². The lowest BCUT2D eigenvalue weighted by atomic mass is 10.4.